The zero-order valence-electron chi connectivity index (χ0n) is 16.4. The largest absolute Gasteiger partial charge is 0.497 e. The molecule has 4 rings (SSSR count). The molecular formula is C21H22N6O2. The predicted octanol–water partition coefficient (Wildman–Crippen LogP) is 3.12. The van der Waals surface area contributed by atoms with Gasteiger partial charge in [0.2, 0.25) is 0 Å². The molecule has 1 N–H and O–H groups in total. The molecule has 0 atom stereocenters. The van der Waals surface area contributed by atoms with Gasteiger partial charge in [-0.1, -0.05) is 17.3 Å². The molecule has 8 nitrogen and oxygen atoms in total. The summed E-state index contributed by atoms with van der Waals surface area (Å²) in [5.41, 5.74) is 3.06. The van der Waals surface area contributed by atoms with Crippen molar-refractivity contribution in [3.63, 3.8) is 0 Å². The van der Waals surface area contributed by atoms with E-state index in [0.717, 1.165) is 35.7 Å². The van der Waals surface area contributed by atoms with E-state index < -0.39 is 0 Å². The Labute approximate surface area is 168 Å². The number of hydrogen-bond donors (Lipinski definition) is 1. The second-order valence-corrected chi connectivity index (χ2v) is 6.67. The van der Waals surface area contributed by atoms with Crippen molar-refractivity contribution in [3.05, 3.63) is 71.9 Å². The smallest absolute Gasteiger partial charge is 0.259 e. The monoisotopic (exact) mass is 390 g/mol. The zero-order chi connectivity index (χ0) is 20.1. The molecule has 0 aliphatic heterocycles. The van der Waals surface area contributed by atoms with E-state index in [0.29, 0.717) is 18.1 Å². The second kappa shape index (κ2) is 8.55. The normalized spacial score (nSPS) is 10.8. The third-order valence-electron chi connectivity index (χ3n) is 4.48. The molecule has 0 fully saturated rings. The second-order valence-electron chi connectivity index (χ2n) is 6.67. The van der Waals surface area contributed by atoms with Crippen LogP contribution in [0.1, 0.15) is 17.0 Å². The van der Waals surface area contributed by atoms with E-state index in [2.05, 4.69) is 25.5 Å². The van der Waals surface area contributed by atoms with Gasteiger partial charge in [0.05, 0.1) is 18.9 Å². The van der Waals surface area contributed by atoms with E-state index in [1.807, 2.05) is 55.8 Å². The van der Waals surface area contributed by atoms with Crippen LogP contribution in [0.2, 0.25) is 0 Å². The van der Waals surface area contributed by atoms with Gasteiger partial charge in [-0.2, -0.15) is 10.1 Å². The Hall–Kier alpha value is -3.68. The molecule has 1 aromatic carbocycles. The molecule has 3 aromatic heterocycles. The molecule has 148 valence electrons. The highest BCUT2D eigenvalue weighted by atomic mass is 16.5. The highest BCUT2D eigenvalue weighted by Gasteiger charge is 2.10. The average Bonchev–Trinajstić information content (AvgIpc) is 3.38. The van der Waals surface area contributed by atoms with E-state index in [9.17, 15) is 0 Å². The van der Waals surface area contributed by atoms with E-state index in [4.69, 9.17) is 9.26 Å². The van der Waals surface area contributed by atoms with Crippen molar-refractivity contribution < 1.29 is 9.26 Å². The molecule has 0 aliphatic rings. The van der Waals surface area contributed by atoms with Crippen LogP contribution in [0.25, 0.3) is 11.5 Å². The van der Waals surface area contributed by atoms with Gasteiger partial charge in [-0.25, -0.2) is 4.98 Å². The molecule has 0 spiro atoms. The van der Waals surface area contributed by atoms with Gasteiger partial charge < -0.3 is 14.6 Å². The molecular weight excluding hydrogens is 368 g/mol. The van der Waals surface area contributed by atoms with E-state index in [1.54, 1.807) is 18.0 Å². The van der Waals surface area contributed by atoms with Crippen molar-refractivity contribution in [2.75, 3.05) is 19.0 Å². The number of aryl methyl sites for hydroxylation is 1. The minimum absolute atomic E-state index is 0.461. The Bertz CT molecular complexity index is 1050. The Morgan fingerprint density at radius 1 is 1.07 bits per heavy atom. The molecule has 0 radical (unpaired) electrons. The summed E-state index contributed by atoms with van der Waals surface area (Å²) in [6.45, 7) is 0.782. The van der Waals surface area contributed by atoms with Gasteiger partial charge in [0.1, 0.15) is 11.6 Å². The summed E-state index contributed by atoms with van der Waals surface area (Å²) in [7, 11) is 3.56. The van der Waals surface area contributed by atoms with E-state index >= 15 is 0 Å². The van der Waals surface area contributed by atoms with Crippen molar-refractivity contribution in [3.8, 4) is 17.2 Å². The lowest BCUT2D eigenvalue weighted by molar-refractivity contribution is 0.414. The summed E-state index contributed by atoms with van der Waals surface area (Å²) in [4.78, 5) is 8.90. The minimum Gasteiger partial charge on any atom is -0.497 e. The van der Waals surface area contributed by atoms with Crippen LogP contribution in [0.4, 0.5) is 5.82 Å². The van der Waals surface area contributed by atoms with Gasteiger partial charge in [0, 0.05) is 32.4 Å². The van der Waals surface area contributed by atoms with Crippen molar-refractivity contribution in [1.82, 2.24) is 24.9 Å². The van der Waals surface area contributed by atoms with Crippen LogP contribution in [0.3, 0.4) is 0 Å². The van der Waals surface area contributed by atoms with E-state index in [1.165, 1.54) is 5.56 Å². The molecule has 3 heterocycles. The van der Waals surface area contributed by atoms with E-state index in [-0.39, 0.29) is 0 Å². The third kappa shape index (κ3) is 4.78. The Balaban J connectivity index is 1.33. The number of methoxy groups -OCH3 is 1. The SMILES string of the molecule is COc1ccc(Cc2noc(-c3ccc(NCCc4cnn(C)c4)nc3)n2)cc1. The van der Waals surface area contributed by atoms with Crippen molar-refractivity contribution in [2.45, 2.75) is 12.8 Å². The Morgan fingerprint density at radius 2 is 1.93 bits per heavy atom. The molecule has 8 heteroatoms. The Morgan fingerprint density at radius 3 is 2.62 bits per heavy atom. The molecule has 4 aromatic rings. The highest BCUT2D eigenvalue weighted by Crippen LogP contribution is 2.19. The van der Waals surface area contributed by atoms with Crippen molar-refractivity contribution in [2.24, 2.45) is 7.05 Å². The number of anilines is 1. The number of ether oxygens (including phenoxy) is 1. The van der Waals surface area contributed by atoms with Crippen LogP contribution in [-0.4, -0.2) is 38.6 Å². The number of hydrogen-bond acceptors (Lipinski definition) is 7. The summed E-state index contributed by atoms with van der Waals surface area (Å²) in [5.74, 6) is 2.71. The first-order chi connectivity index (χ1) is 14.2. The van der Waals surface area contributed by atoms with Gasteiger partial charge in [-0.05, 0) is 41.8 Å². The lowest BCUT2D eigenvalue weighted by Crippen LogP contribution is -2.05. The fourth-order valence-corrected chi connectivity index (χ4v) is 2.93. The minimum atomic E-state index is 0.461. The maximum Gasteiger partial charge on any atom is 0.259 e. The summed E-state index contributed by atoms with van der Waals surface area (Å²) >= 11 is 0. The molecule has 0 saturated carbocycles. The first kappa shape index (κ1) is 18.7. The summed E-state index contributed by atoms with van der Waals surface area (Å²) < 4.78 is 12.4. The highest BCUT2D eigenvalue weighted by molar-refractivity contribution is 5.54. The number of rotatable bonds is 8. The standard InChI is InChI=1S/C21H22N6O2/c1-27-14-16(12-24-27)9-10-22-19-8-5-17(13-23-19)21-25-20(26-29-21)11-15-3-6-18(28-2)7-4-15/h3-8,12-14H,9-11H2,1-2H3,(H,22,23). The van der Waals surface area contributed by atoms with Gasteiger partial charge in [0.15, 0.2) is 5.82 Å². The third-order valence-corrected chi connectivity index (χ3v) is 4.48. The maximum absolute atomic E-state index is 5.39. The summed E-state index contributed by atoms with van der Waals surface area (Å²) in [5, 5.41) is 11.5. The first-order valence-electron chi connectivity index (χ1n) is 9.33. The van der Waals surface area contributed by atoms with Gasteiger partial charge in [-0.15, -0.1) is 0 Å². The fraction of sp³-hybridized carbons (Fsp3) is 0.238. The number of benzene rings is 1. The quantitative estimate of drug-likeness (QED) is 0.494. The van der Waals surface area contributed by atoms with Crippen LogP contribution in [-0.2, 0) is 19.9 Å². The van der Waals surface area contributed by atoms with Gasteiger partial charge in [0.25, 0.3) is 5.89 Å². The fourth-order valence-electron chi connectivity index (χ4n) is 2.93. The number of aromatic nitrogens is 5. The zero-order valence-corrected chi connectivity index (χ0v) is 16.4. The summed E-state index contributed by atoms with van der Waals surface area (Å²) in [6, 6.07) is 11.6. The maximum atomic E-state index is 5.39. The molecule has 29 heavy (non-hydrogen) atoms. The first-order valence-corrected chi connectivity index (χ1v) is 9.33. The molecule has 0 unspecified atom stereocenters. The van der Waals surface area contributed by atoms with Crippen LogP contribution < -0.4 is 10.1 Å². The van der Waals surface area contributed by atoms with Crippen LogP contribution >= 0.6 is 0 Å². The Kier molecular flexibility index (Phi) is 5.51. The number of nitrogens with one attached hydrogen (secondary N) is 1. The summed E-state index contributed by atoms with van der Waals surface area (Å²) in [6.07, 6.45) is 7.09. The van der Waals surface area contributed by atoms with Gasteiger partial charge >= 0.3 is 0 Å². The van der Waals surface area contributed by atoms with Crippen LogP contribution in [0, 0.1) is 0 Å². The predicted molar refractivity (Wildman–Crippen MR) is 109 cm³/mol. The number of nitrogens with zero attached hydrogens (tertiary/aromatic N) is 5. The average molecular weight is 390 g/mol. The number of pyridine rings is 1. The molecule has 0 aliphatic carbocycles. The van der Waals surface area contributed by atoms with Crippen molar-refractivity contribution >= 4 is 5.82 Å². The molecule has 0 bridgehead atoms. The topological polar surface area (TPSA) is 90.9 Å². The van der Waals surface area contributed by atoms with Gasteiger partial charge in [-0.3, -0.25) is 4.68 Å². The molecule has 0 amide bonds. The van der Waals surface area contributed by atoms with Crippen LogP contribution in [0.15, 0.2) is 59.5 Å². The van der Waals surface area contributed by atoms with Crippen molar-refractivity contribution in [1.29, 1.82) is 0 Å². The lowest BCUT2D eigenvalue weighted by Gasteiger charge is -2.04. The van der Waals surface area contributed by atoms with Crippen LogP contribution in [0.5, 0.6) is 5.75 Å². The lowest BCUT2D eigenvalue weighted by atomic mass is 10.1. The molecule has 0 saturated heterocycles.